The molecule has 3 aromatic rings. The van der Waals surface area contributed by atoms with E-state index in [4.69, 9.17) is 0 Å². The Hall–Kier alpha value is -3.09. The van der Waals surface area contributed by atoms with Crippen molar-refractivity contribution in [2.75, 3.05) is 5.32 Å². The number of nitrogens with zero attached hydrogens (tertiary/aromatic N) is 3. The summed E-state index contributed by atoms with van der Waals surface area (Å²) in [6.45, 7) is 0. The van der Waals surface area contributed by atoms with E-state index in [1.807, 2.05) is 18.2 Å². The van der Waals surface area contributed by atoms with Crippen molar-refractivity contribution in [3.8, 4) is 5.69 Å². The minimum absolute atomic E-state index is 0.00693. The van der Waals surface area contributed by atoms with Crippen LogP contribution in [0.1, 0.15) is 10.5 Å². The third-order valence-corrected chi connectivity index (χ3v) is 2.92. The molecule has 0 aliphatic carbocycles. The Bertz CT molecular complexity index is 817. The number of benzene rings is 2. The zero-order chi connectivity index (χ0) is 15.5. The van der Waals surface area contributed by atoms with E-state index in [1.54, 1.807) is 12.1 Å². The summed E-state index contributed by atoms with van der Waals surface area (Å²) in [5.74, 6) is -2.05. The monoisotopic (exact) mass is 300 g/mol. The number of rotatable bonds is 3. The molecule has 1 amide bonds. The Balaban J connectivity index is 1.81. The number of para-hydroxylation sites is 1. The summed E-state index contributed by atoms with van der Waals surface area (Å²) in [5.41, 5.74) is 0.470. The van der Waals surface area contributed by atoms with Crippen LogP contribution in [0.5, 0.6) is 0 Å². The highest BCUT2D eigenvalue weighted by molar-refractivity contribution is 6.02. The van der Waals surface area contributed by atoms with E-state index in [-0.39, 0.29) is 11.4 Å². The second-order valence-corrected chi connectivity index (χ2v) is 4.46. The van der Waals surface area contributed by atoms with Crippen LogP contribution < -0.4 is 5.32 Å². The molecular weight excluding hydrogens is 290 g/mol. The molecule has 0 radical (unpaired) electrons. The van der Waals surface area contributed by atoms with Gasteiger partial charge in [-0.25, -0.2) is 13.5 Å². The molecule has 7 heteroatoms. The number of aromatic nitrogens is 3. The highest BCUT2D eigenvalue weighted by atomic mass is 19.1. The fourth-order valence-corrected chi connectivity index (χ4v) is 1.85. The van der Waals surface area contributed by atoms with Crippen molar-refractivity contribution in [2.45, 2.75) is 0 Å². The molecule has 1 N–H and O–H groups in total. The molecule has 5 nitrogen and oxygen atoms in total. The van der Waals surface area contributed by atoms with Crippen molar-refractivity contribution >= 4 is 11.6 Å². The summed E-state index contributed by atoms with van der Waals surface area (Å²) < 4.78 is 28.0. The van der Waals surface area contributed by atoms with Crippen molar-refractivity contribution < 1.29 is 13.6 Å². The van der Waals surface area contributed by atoms with Crippen LogP contribution in [0.2, 0.25) is 0 Å². The predicted octanol–water partition coefficient (Wildman–Crippen LogP) is 2.80. The number of nitrogens with one attached hydrogen (secondary N) is 1. The van der Waals surface area contributed by atoms with Gasteiger partial charge in [0.2, 0.25) is 0 Å². The number of hydrogen-bond donors (Lipinski definition) is 1. The Labute approximate surface area is 124 Å². The first-order chi connectivity index (χ1) is 10.6. The van der Waals surface area contributed by atoms with Crippen molar-refractivity contribution in [3.63, 3.8) is 0 Å². The molecule has 110 valence electrons. The van der Waals surface area contributed by atoms with Crippen LogP contribution in [0.15, 0.2) is 54.7 Å². The lowest BCUT2D eigenvalue weighted by molar-refractivity contribution is 0.102. The molecule has 0 fully saturated rings. The highest BCUT2D eigenvalue weighted by Crippen LogP contribution is 2.16. The Kier molecular flexibility index (Phi) is 3.61. The summed E-state index contributed by atoms with van der Waals surface area (Å²) >= 11 is 0. The molecule has 0 unspecified atom stereocenters. The molecule has 0 bridgehead atoms. The summed E-state index contributed by atoms with van der Waals surface area (Å²) in [4.78, 5) is 12.0. The smallest absolute Gasteiger partial charge is 0.277 e. The molecule has 3 rings (SSSR count). The quantitative estimate of drug-likeness (QED) is 0.809. The number of carbonyl (C=O) groups is 1. The van der Waals surface area contributed by atoms with Crippen molar-refractivity contribution in [3.05, 3.63) is 72.1 Å². The molecule has 0 spiro atoms. The van der Waals surface area contributed by atoms with Gasteiger partial charge in [0.15, 0.2) is 5.69 Å². The number of hydrogen-bond acceptors (Lipinski definition) is 3. The van der Waals surface area contributed by atoms with Crippen LogP contribution in [0.4, 0.5) is 14.5 Å². The highest BCUT2D eigenvalue weighted by Gasteiger charge is 2.14. The van der Waals surface area contributed by atoms with Crippen molar-refractivity contribution in [1.29, 1.82) is 0 Å². The normalized spacial score (nSPS) is 10.5. The second-order valence-electron chi connectivity index (χ2n) is 4.46. The van der Waals surface area contributed by atoms with Gasteiger partial charge < -0.3 is 5.32 Å². The summed E-state index contributed by atoms with van der Waals surface area (Å²) in [5, 5.41) is 9.81. The second kappa shape index (κ2) is 5.72. The van der Waals surface area contributed by atoms with E-state index in [1.165, 1.54) is 10.9 Å². The molecule has 1 heterocycles. The first-order valence-corrected chi connectivity index (χ1v) is 6.37. The van der Waals surface area contributed by atoms with Gasteiger partial charge in [0, 0.05) is 6.07 Å². The van der Waals surface area contributed by atoms with Crippen LogP contribution in [-0.4, -0.2) is 20.9 Å². The number of amides is 1. The molecule has 2 aromatic carbocycles. The maximum absolute atomic E-state index is 13.5. The fourth-order valence-electron chi connectivity index (χ4n) is 1.85. The maximum atomic E-state index is 13.5. The lowest BCUT2D eigenvalue weighted by Gasteiger charge is -2.04. The average Bonchev–Trinajstić information content (AvgIpc) is 3.02. The summed E-state index contributed by atoms with van der Waals surface area (Å²) in [6.07, 6.45) is 1.40. The SMILES string of the molecule is O=C(Nc1cc(F)ccc1F)c1cn(-c2ccccc2)nn1. The number of anilines is 1. The molecule has 0 saturated heterocycles. The molecule has 0 aliphatic rings. The van der Waals surface area contributed by atoms with Gasteiger partial charge in [0.1, 0.15) is 11.6 Å². The molecule has 0 aliphatic heterocycles. The Morgan fingerprint density at radius 2 is 1.86 bits per heavy atom. The standard InChI is InChI=1S/C15H10F2N4O/c16-10-6-7-12(17)13(8-10)18-15(22)14-9-21(20-19-14)11-4-2-1-3-5-11/h1-9H,(H,18,22). The zero-order valence-corrected chi connectivity index (χ0v) is 11.2. The van der Waals surface area contributed by atoms with E-state index in [9.17, 15) is 13.6 Å². The van der Waals surface area contributed by atoms with Gasteiger partial charge in [-0.2, -0.15) is 0 Å². The number of halogens is 2. The third-order valence-electron chi connectivity index (χ3n) is 2.92. The Morgan fingerprint density at radius 1 is 1.09 bits per heavy atom. The van der Waals surface area contributed by atoms with E-state index in [2.05, 4.69) is 15.6 Å². The van der Waals surface area contributed by atoms with Gasteiger partial charge in [-0.15, -0.1) is 5.10 Å². The lowest BCUT2D eigenvalue weighted by Crippen LogP contribution is -2.13. The molecule has 0 atom stereocenters. The largest absolute Gasteiger partial charge is 0.318 e. The van der Waals surface area contributed by atoms with Gasteiger partial charge in [-0.3, -0.25) is 4.79 Å². The average molecular weight is 300 g/mol. The van der Waals surface area contributed by atoms with Crippen LogP contribution in [0.25, 0.3) is 5.69 Å². The van der Waals surface area contributed by atoms with Gasteiger partial charge in [-0.1, -0.05) is 23.4 Å². The predicted molar refractivity (Wildman–Crippen MR) is 75.7 cm³/mol. The maximum Gasteiger partial charge on any atom is 0.277 e. The first kappa shape index (κ1) is 13.9. The molecule has 1 aromatic heterocycles. The van der Waals surface area contributed by atoms with Gasteiger partial charge in [-0.05, 0) is 24.3 Å². The lowest BCUT2D eigenvalue weighted by atomic mass is 10.3. The minimum Gasteiger partial charge on any atom is -0.318 e. The molecule has 22 heavy (non-hydrogen) atoms. The first-order valence-electron chi connectivity index (χ1n) is 6.37. The minimum atomic E-state index is -0.731. The zero-order valence-electron chi connectivity index (χ0n) is 11.2. The van der Waals surface area contributed by atoms with Crippen molar-refractivity contribution in [1.82, 2.24) is 15.0 Å². The van der Waals surface area contributed by atoms with E-state index >= 15 is 0 Å². The molecular formula is C15H10F2N4O. The fraction of sp³-hybridized carbons (Fsp3) is 0. The molecule has 0 saturated carbocycles. The van der Waals surface area contributed by atoms with Gasteiger partial charge in [0.25, 0.3) is 5.91 Å². The third kappa shape index (κ3) is 2.83. The van der Waals surface area contributed by atoms with Crippen molar-refractivity contribution in [2.24, 2.45) is 0 Å². The van der Waals surface area contributed by atoms with E-state index in [0.717, 1.165) is 23.9 Å². The van der Waals surface area contributed by atoms with Gasteiger partial charge >= 0.3 is 0 Å². The van der Waals surface area contributed by atoms with Crippen LogP contribution >= 0.6 is 0 Å². The summed E-state index contributed by atoms with van der Waals surface area (Å²) in [7, 11) is 0. The van der Waals surface area contributed by atoms with Crippen LogP contribution in [-0.2, 0) is 0 Å². The Morgan fingerprint density at radius 3 is 2.64 bits per heavy atom. The topological polar surface area (TPSA) is 59.8 Å². The van der Waals surface area contributed by atoms with Crippen LogP contribution in [0.3, 0.4) is 0 Å². The number of carbonyl (C=O) groups excluding carboxylic acids is 1. The van der Waals surface area contributed by atoms with E-state index < -0.39 is 17.5 Å². The summed E-state index contributed by atoms with van der Waals surface area (Å²) in [6, 6.07) is 11.9. The van der Waals surface area contributed by atoms with Crippen LogP contribution in [0, 0.1) is 11.6 Å². The van der Waals surface area contributed by atoms with E-state index in [0.29, 0.717) is 0 Å². The van der Waals surface area contributed by atoms with Gasteiger partial charge in [0.05, 0.1) is 17.6 Å².